The Bertz CT molecular complexity index is 2900. The first-order valence-electron chi connectivity index (χ1n) is 20.0. The largest absolute Gasteiger partial charge is 0.486 e. The third-order valence-corrected chi connectivity index (χ3v) is 10.6. The van der Waals surface area contributed by atoms with Crippen LogP contribution in [0.3, 0.4) is 0 Å². The highest BCUT2D eigenvalue weighted by molar-refractivity contribution is 6.06. The third kappa shape index (κ3) is 9.40. The van der Waals surface area contributed by atoms with Crippen molar-refractivity contribution in [2.75, 3.05) is 4.90 Å². The molecule has 1 aliphatic carbocycles. The van der Waals surface area contributed by atoms with Gasteiger partial charge in [-0.3, -0.25) is 9.59 Å². The fraction of sp³-hybridized carbons (Fsp3) is 0. The number of hydrogen-bond acceptors (Lipinski definition) is 3. The van der Waals surface area contributed by atoms with E-state index in [-0.39, 0.29) is 11.4 Å². The van der Waals surface area contributed by atoms with E-state index in [0.29, 0.717) is 11.1 Å². The van der Waals surface area contributed by atoms with E-state index in [2.05, 4.69) is 142 Å². The first kappa shape index (κ1) is 40.7. The predicted octanol–water partition coefficient (Wildman–Crippen LogP) is 13.8. The summed E-state index contributed by atoms with van der Waals surface area (Å²) in [7, 11) is 0. The molecule has 0 aliphatic heterocycles. The third-order valence-electron chi connectivity index (χ3n) is 10.6. The van der Waals surface area contributed by atoms with Crippen molar-refractivity contribution in [1.82, 2.24) is 0 Å². The molecule has 7 nitrogen and oxygen atoms in total. The average molecular weight is 816 g/mol. The number of nitrogens with zero attached hydrogens (tertiary/aromatic N) is 3. The zero-order chi connectivity index (χ0) is 43.7. The summed E-state index contributed by atoms with van der Waals surface area (Å²) in [6, 6.07) is 57.1. The fourth-order valence-electron chi connectivity index (χ4n) is 7.40. The lowest BCUT2D eigenvalue weighted by Gasteiger charge is -2.26. The van der Waals surface area contributed by atoms with Crippen LogP contribution in [0.1, 0.15) is 50.1 Å². The van der Waals surface area contributed by atoms with Gasteiger partial charge in [-0.25, -0.2) is 9.69 Å². The first-order valence-corrected chi connectivity index (χ1v) is 20.0. The van der Waals surface area contributed by atoms with E-state index in [9.17, 15) is 19.8 Å². The van der Waals surface area contributed by atoms with Crippen LogP contribution in [0.15, 0.2) is 181 Å². The number of carboxylic acid groups (broad SMARTS) is 2. The van der Waals surface area contributed by atoms with E-state index < -0.39 is 11.9 Å². The second-order valence-electron chi connectivity index (χ2n) is 14.7. The van der Waals surface area contributed by atoms with Crippen molar-refractivity contribution in [1.29, 1.82) is 0 Å². The normalized spacial score (nSPS) is 12.1. The number of hydrogen-bond donors (Lipinski definition) is 2. The van der Waals surface area contributed by atoms with Crippen LogP contribution in [0.5, 0.6) is 0 Å². The molecule has 0 heterocycles. The first-order chi connectivity index (χ1) is 30.8. The Labute approximate surface area is 365 Å². The molecular formula is C56H37N3O4. The molecule has 7 aromatic rings. The number of benzene rings is 7. The zero-order valence-corrected chi connectivity index (χ0v) is 33.8. The van der Waals surface area contributed by atoms with Crippen LogP contribution in [-0.2, 0) is 9.59 Å². The summed E-state index contributed by atoms with van der Waals surface area (Å²) >= 11 is 0. The molecule has 0 aromatic heterocycles. The lowest BCUT2D eigenvalue weighted by Crippen LogP contribution is -2.09. The van der Waals surface area contributed by atoms with E-state index in [4.69, 9.17) is 13.1 Å². The fourth-order valence-corrected chi connectivity index (χ4v) is 7.40. The van der Waals surface area contributed by atoms with Crippen LogP contribution in [0, 0.1) is 13.1 Å². The summed E-state index contributed by atoms with van der Waals surface area (Å²) in [5, 5.41) is 18.4. The number of rotatable bonds is 12. The highest BCUT2D eigenvalue weighted by atomic mass is 16.4. The average Bonchev–Trinajstić information content (AvgIpc) is 3.63. The van der Waals surface area contributed by atoms with Crippen LogP contribution < -0.4 is 4.90 Å². The summed E-state index contributed by atoms with van der Waals surface area (Å²) < 4.78 is 0. The number of fused-ring (bicyclic) bond motifs is 3. The predicted molar refractivity (Wildman–Crippen MR) is 255 cm³/mol. The lowest BCUT2D eigenvalue weighted by molar-refractivity contribution is -0.133. The van der Waals surface area contributed by atoms with Gasteiger partial charge < -0.3 is 15.1 Å². The molecule has 63 heavy (non-hydrogen) atoms. The Morgan fingerprint density at radius 1 is 0.397 bits per heavy atom. The molecule has 300 valence electrons. The number of carboxylic acids is 2. The molecule has 0 spiro atoms. The van der Waals surface area contributed by atoms with Gasteiger partial charge in [-0.2, -0.15) is 0 Å². The molecule has 0 saturated carbocycles. The van der Waals surface area contributed by atoms with E-state index in [1.807, 2.05) is 48.6 Å². The van der Waals surface area contributed by atoms with Gasteiger partial charge in [0.25, 0.3) is 11.4 Å². The monoisotopic (exact) mass is 815 g/mol. The van der Waals surface area contributed by atoms with E-state index >= 15 is 0 Å². The van der Waals surface area contributed by atoms with Crippen molar-refractivity contribution in [3.05, 3.63) is 254 Å². The summed E-state index contributed by atoms with van der Waals surface area (Å²) in [4.78, 5) is 30.9. The second-order valence-corrected chi connectivity index (χ2v) is 14.7. The summed E-state index contributed by atoms with van der Waals surface area (Å²) in [5.74, 6) is -2.50. The Morgan fingerprint density at radius 2 is 0.683 bits per heavy atom. The number of aliphatic carboxylic acids is 2. The summed E-state index contributed by atoms with van der Waals surface area (Å²) in [6.07, 6.45) is 13.0. The number of anilines is 3. The molecule has 7 aromatic carbocycles. The van der Waals surface area contributed by atoms with Crippen molar-refractivity contribution in [2.45, 2.75) is 0 Å². The standard InChI is InChI=1S/C56H37N3O4/c1-57-53(55(60)61)36-43-19-15-38(16-20-43)11-13-40-23-29-45(30-24-40)59(46-31-25-41(26-32-46)14-12-39-17-21-44(22-18-39)37-54(58-2)56(62)63)47-33-27-42(28-34-47)35-52-50-9-5-3-7-48(50)49-8-4-6-10-51(49)52/h3-37H,(H,60,61)(H,62,63)/b13-11+,14-12+,53-36-,54-37-. The highest BCUT2D eigenvalue weighted by Gasteiger charge is 2.22. The van der Waals surface area contributed by atoms with Gasteiger partial charge in [-0.15, -0.1) is 0 Å². The van der Waals surface area contributed by atoms with Gasteiger partial charge in [0.2, 0.25) is 0 Å². The highest BCUT2D eigenvalue weighted by Crippen LogP contribution is 2.45. The molecule has 8 rings (SSSR count). The maximum absolute atomic E-state index is 11.2. The SMILES string of the molecule is [C-]#[N+]/C(=C\c1ccc(/C=C/c2ccc(N(c3ccc(C=C4c5ccccc5-c5ccccc54)cc3)c3ccc(/C=C/c4ccc(/C=C(\[N+]#[C-])C(=O)O)cc4)cc3)cc2)cc1)C(=O)O. The molecule has 0 radical (unpaired) electrons. The summed E-state index contributed by atoms with van der Waals surface area (Å²) in [5.41, 5.74) is 14.7. The van der Waals surface area contributed by atoms with E-state index in [1.54, 1.807) is 24.3 Å². The van der Waals surface area contributed by atoms with Gasteiger partial charge in [0.15, 0.2) is 0 Å². The molecule has 0 fully saturated rings. The van der Waals surface area contributed by atoms with Gasteiger partial charge in [0.1, 0.15) is 0 Å². The van der Waals surface area contributed by atoms with Crippen molar-refractivity contribution in [2.24, 2.45) is 0 Å². The smallest absolute Gasteiger partial charge is 0.333 e. The molecule has 0 unspecified atom stereocenters. The van der Waals surface area contributed by atoms with Crippen LogP contribution in [0.25, 0.3) is 68.9 Å². The van der Waals surface area contributed by atoms with Crippen molar-refractivity contribution in [3.8, 4) is 11.1 Å². The quantitative estimate of drug-likeness (QED) is 0.0729. The lowest BCUT2D eigenvalue weighted by atomic mass is 10.0. The zero-order valence-electron chi connectivity index (χ0n) is 33.8. The molecule has 1 aliphatic rings. The molecule has 7 heteroatoms. The minimum atomic E-state index is -1.25. The topological polar surface area (TPSA) is 86.6 Å². The van der Waals surface area contributed by atoms with Crippen LogP contribution >= 0.6 is 0 Å². The van der Waals surface area contributed by atoms with Crippen LogP contribution in [0.2, 0.25) is 0 Å². The van der Waals surface area contributed by atoms with Crippen molar-refractivity contribution < 1.29 is 19.8 Å². The van der Waals surface area contributed by atoms with Crippen molar-refractivity contribution in [3.63, 3.8) is 0 Å². The van der Waals surface area contributed by atoms with Crippen molar-refractivity contribution >= 4 is 77.1 Å². The maximum Gasteiger partial charge on any atom is 0.333 e. The van der Waals surface area contributed by atoms with E-state index in [0.717, 1.165) is 44.9 Å². The molecular weight excluding hydrogens is 779 g/mol. The minimum Gasteiger partial charge on any atom is -0.486 e. The van der Waals surface area contributed by atoms with E-state index in [1.165, 1.54) is 40.0 Å². The Balaban J connectivity index is 1.06. The molecule has 0 amide bonds. The molecule has 0 atom stereocenters. The Kier molecular flexibility index (Phi) is 11.9. The Morgan fingerprint density at radius 3 is 1.00 bits per heavy atom. The maximum atomic E-state index is 11.2. The summed E-state index contributed by atoms with van der Waals surface area (Å²) in [6.45, 7) is 14.2. The van der Waals surface area contributed by atoms with Gasteiger partial charge in [0, 0.05) is 17.1 Å². The van der Waals surface area contributed by atoms with Gasteiger partial charge in [-0.05, 0) is 121 Å². The van der Waals surface area contributed by atoms with Crippen LogP contribution in [-0.4, -0.2) is 22.2 Å². The van der Waals surface area contributed by atoms with Crippen LogP contribution in [0.4, 0.5) is 17.1 Å². The Hall–Kier alpha value is -9.04. The van der Waals surface area contributed by atoms with Gasteiger partial charge in [0.05, 0.1) is 13.1 Å². The van der Waals surface area contributed by atoms with Gasteiger partial charge >= 0.3 is 11.9 Å². The van der Waals surface area contributed by atoms with Gasteiger partial charge in [-0.1, -0.05) is 158 Å². The number of carbonyl (C=O) groups is 2. The second kappa shape index (κ2) is 18.5. The molecule has 2 N–H and O–H groups in total. The minimum absolute atomic E-state index is 0.332. The molecule has 0 saturated heterocycles. The molecule has 0 bridgehead atoms.